The largest absolute Gasteiger partial charge is 0.508 e. The Bertz CT molecular complexity index is 1200. The minimum absolute atomic E-state index is 0.117. The molecule has 13 heteroatoms. The molecule has 4 atom stereocenters. The van der Waals surface area contributed by atoms with Crippen LogP contribution in [0.4, 0.5) is 0 Å². The molecule has 4 heterocycles. The average Bonchev–Trinajstić information content (AvgIpc) is 3.40. The number of benzene rings is 1. The van der Waals surface area contributed by atoms with Gasteiger partial charge in [-0.3, -0.25) is 19.7 Å². The highest BCUT2D eigenvalue weighted by Gasteiger charge is 2.67. The summed E-state index contributed by atoms with van der Waals surface area (Å²) in [5, 5.41) is 24.5. The van der Waals surface area contributed by atoms with E-state index in [9.17, 15) is 19.5 Å². The third-order valence-corrected chi connectivity index (χ3v) is 8.25. The number of tetrazole rings is 1. The number of aromatic nitrogens is 4. The smallest absolute Gasteiger partial charge is 0.304 e. The lowest BCUT2D eigenvalue weighted by atomic mass is 9.93. The molecule has 1 aromatic carbocycles. The van der Waals surface area contributed by atoms with Crippen LogP contribution < -0.4 is 5.32 Å². The summed E-state index contributed by atoms with van der Waals surface area (Å²) >= 11 is 1.59. The summed E-state index contributed by atoms with van der Waals surface area (Å²) in [7, 11) is 0. The molecule has 2 aromatic rings. The van der Waals surface area contributed by atoms with Crippen molar-refractivity contribution in [2.45, 2.75) is 75.3 Å². The molecule has 3 aliphatic rings. The van der Waals surface area contributed by atoms with E-state index in [2.05, 4.69) is 20.8 Å². The number of phenolic OH excluding ortho intramolecular Hbond substituents is 1. The first-order valence-electron chi connectivity index (χ1n) is 11.2. The fourth-order valence-electron chi connectivity index (χ4n) is 5.18. The fourth-order valence-corrected chi connectivity index (χ4v) is 6.85. The second kappa shape index (κ2) is 7.92. The van der Waals surface area contributed by atoms with E-state index in [1.807, 2.05) is 27.7 Å². The highest BCUT2D eigenvalue weighted by molar-refractivity contribution is 8.01. The number of rotatable bonds is 5. The standard InChI is InChI=1S/C22H27N7O5S/c1-11(30)34-10-27-17(24-25-26-27)16-21(2,3)35-20-15(19(33)28(16)20)29-18(32)14(23-22(29,4)5)12-6-8-13(31)9-7-12/h6-9,14-16,20,23,31H,10H2,1-5H3/t14?,15?,16?,20-/m0/s1. The number of phenols is 1. The molecular weight excluding hydrogens is 474 g/mol. The lowest BCUT2D eigenvalue weighted by Crippen LogP contribution is -2.71. The van der Waals surface area contributed by atoms with Gasteiger partial charge in [0, 0.05) is 11.7 Å². The fraction of sp³-hybridized carbons (Fsp3) is 0.545. The van der Waals surface area contributed by atoms with Gasteiger partial charge in [-0.05, 0) is 55.8 Å². The third kappa shape index (κ3) is 3.64. The highest BCUT2D eigenvalue weighted by atomic mass is 32.2. The number of carbonyl (C=O) groups is 3. The van der Waals surface area contributed by atoms with Crippen LogP contribution in [0.5, 0.6) is 5.75 Å². The van der Waals surface area contributed by atoms with Crippen LogP contribution in [0, 0.1) is 0 Å². The van der Waals surface area contributed by atoms with E-state index in [1.165, 1.54) is 23.7 Å². The Morgan fingerprint density at radius 1 is 1.17 bits per heavy atom. The molecule has 3 saturated heterocycles. The van der Waals surface area contributed by atoms with Crippen LogP contribution in [-0.4, -0.2) is 74.7 Å². The van der Waals surface area contributed by atoms with Crippen molar-refractivity contribution in [3.8, 4) is 5.75 Å². The summed E-state index contributed by atoms with van der Waals surface area (Å²) < 4.78 is 5.98. The number of hydrogen-bond donors (Lipinski definition) is 2. The van der Waals surface area contributed by atoms with Crippen LogP contribution in [-0.2, 0) is 25.9 Å². The van der Waals surface area contributed by atoms with Crippen LogP contribution in [0.1, 0.15) is 58.1 Å². The first kappa shape index (κ1) is 23.5. The monoisotopic (exact) mass is 501 g/mol. The van der Waals surface area contributed by atoms with Gasteiger partial charge in [0.05, 0.1) is 5.66 Å². The Balaban J connectivity index is 1.43. The van der Waals surface area contributed by atoms with Crippen molar-refractivity contribution in [1.29, 1.82) is 0 Å². The van der Waals surface area contributed by atoms with Gasteiger partial charge in [0.15, 0.2) is 12.6 Å². The number of carbonyl (C=O) groups excluding carboxylic acids is 3. The number of β-lactam (4-membered cyclic amide) rings is 1. The van der Waals surface area contributed by atoms with Crippen LogP contribution in [0.2, 0.25) is 0 Å². The van der Waals surface area contributed by atoms with Gasteiger partial charge in [0.2, 0.25) is 11.8 Å². The van der Waals surface area contributed by atoms with Crippen molar-refractivity contribution in [2.75, 3.05) is 0 Å². The number of esters is 1. The minimum atomic E-state index is -0.772. The van der Waals surface area contributed by atoms with Gasteiger partial charge in [-0.2, -0.15) is 4.68 Å². The quantitative estimate of drug-likeness (QED) is 0.448. The molecule has 35 heavy (non-hydrogen) atoms. The Hall–Kier alpha value is -3.19. The van der Waals surface area contributed by atoms with Crippen molar-refractivity contribution >= 4 is 29.5 Å². The zero-order chi connectivity index (χ0) is 25.3. The molecule has 2 amide bonds. The predicted molar refractivity (Wildman–Crippen MR) is 123 cm³/mol. The molecule has 1 aromatic heterocycles. The average molecular weight is 502 g/mol. The van der Waals surface area contributed by atoms with Gasteiger partial charge in [-0.25, -0.2) is 0 Å². The maximum atomic E-state index is 13.6. The first-order valence-corrected chi connectivity index (χ1v) is 12.1. The molecule has 0 saturated carbocycles. The molecule has 0 spiro atoms. The van der Waals surface area contributed by atoms with Gasteiger partial charge >= 0.3 is 5.97 Å². The van der Waals surface area contributed by atoms with Crippen molar-refractivity contribution in [2.24, 2.45) is 0 Å². The second-order valence-corrected chi connectivity index (χ2v) is 11.7. The number of thioether (sulfide) groups is 1. The summed E-state index contributed by atoms with van der Waals surface area (Å²) in [5.74, 6) is -0.304. The number of nitrogens with zero attached hydrogens (tertiary/aromatic N) is 6. The maximum Gasteiger partial charge on any atom is 0.304 e. The molecule has 0 aliphatic carbocycles. The van der Waals surface area contributed by atoms with Gasteiger partial charge in [0.1, 0.15) is 29.2 Å². The van der Waals surface area contributed by atoms with Crippen molar-refractivity contribution in [1.82, 2.24) is 35.3 Å². The molecular formula is C22H27N7O5S. The Kier molecular flexibility index (Phi) is 5.33. The first-order chi connectivity index (χ1) is 16.4. The molecule has 12 nitrogen and oxygen atoms in total. The van der Waals surface area contributed by atoms with Crippen LogP contribution in [0.25, 0.3) is 0 Å². The van der Waals surface area contributed by atoms with Crippen LogP contribution in [0.3, 0.4) is 0 Å². The topological polar surface area (TPSA) is 143 Å². The lowest BCUT2D eigenvalue weighted by Gasteiger charge is -2.50. The number of ether oxygens (including phenoxy) is 1. The molecule has 2 N–H and O–H groups in total. The Morgan fingerprint density at radius 2 is 1.86 bits per heavy atom. The van der Waals surface area contributed by atoms with E-state index in [1.54, 1.807) is 33.7 Å². The summed E-state index contributed by atoms with van der Waals surface area (Å²) in [5.41, 5.74) is -0.0555. The predicted octanol–water partition coefficient (Wildman–Crippen LogP) is 0.912. The van der Waals surface area contributed by atoms with Crippen LogP contribution >= 0.6 is 11.8 Å². The summed E-state index contributed by atoms with van der Waals surface area (Å²) in [6.45, 7) is 8.91. The summed E-state index contributed by atoms with van der Waals surface area (Å²) in [6, 6.07) is 4.73. The van der Waals surface area contributed by atoms with E-state index in [-0.39, 0.29) is 29.7 Å². The van der Waals surface area contributed by atoms with Crippen molar-refractivity contribution < 1.29 is 24.2 Å². The van der Waals surface area contributed by atoms with Gasteiger partial charge in [-0.1, -0.05) is 12.1 Å². The molecule has 0 radical (unpaired) electrons. The van der Waals surface area contributed by atoms with Gasteiger partial charge < -0.3 is 19.6 Å². The number of hydrogen-bond acceptors (Lipinski definition) is 10. The molecule has 0 bridgehead atoms. The third-order valence-electron chi connectivity index (χ3n) is 6.70. The molecule has 186 valence electrons. The van der Waals surface area contributed by atoms with Gasteiger partial charge in [0.25, 0.3) is 0 Å². The number of nitrogens with one attached hydrogen (secondary N) is 1. The Morgan fingerprint density at radius 3 is 2.51 bits per heavy atom. The van der Waals surface area contributed by atoms with Crippen molar-refractivity contribution in [3.05, 3.63) is 35.7 Å². The minimum Gasteiger partial charge on any atom is -0.508 e. The zero-order valence-electron chi connectivity index (χ0n) is 20.0. The normalized spacial score (nSPS) is 28.7. The zero-order valence-corrected chi connectivity index (χ0v) is 20.8. The Labute approximate surface area is 206 Å². The lowest BCUT2D eigenvalue weighted by molar-refractivity contribution is -0.165. The van der Waals surface area contributed by atoms with Crippen molar-refractivity contribution in [3.63, 3.8) is 0 Å². The van der Waals surface area contributed by atoms with E-state index in [4.69, 9.17) is 4.74 Å². The highest BCUT2D eigenvalue weighted by Crippen LogP contribution is 2.58. The SMILES string of the molecule is CC(=O)OCn1nnnc1C1N2C(=O)C(N3C(=O)C(c4ccc(O)cc4)NC3(C)C)[C@@H]2SC1(C)C. The molecule has 5 rings (SSSR count). The number of aromatic hydroxyl groups is 1. The van der Waals surface area contributed by atoms with E-state index < -0.39 is 34.5 Å². The molecule has 3 fully saturated rings. The summed E-state index contributed by atoms with van der Waals surface area (Å²) in [6.07, 6.45) is 0. The van der Waals surface area contributed by atoms with E-state index in [0.717, 1.165) is 0 Å². The molecule has 3 unspecified atom stereocenters. The van der Waals surface area contributed by atoms with E-state index in [0.29, 0.717) is 11.4 Å². The number of amides is 2. The van der Waals surface area contributed by atoms with E-state index >= 15 is 0 Å². The summed E-state index contributed by atoms with van der Waals surface area (Å²) in [4.78, 5) is 41.8. The molecule has 3 aliphatic heterocycles. The van der Waals surface area contributed by atoms with Gasteiger partial charge in [-0.15, -0.1) is 16.9 Å². The second-order valence-electron chi connectivity index (χ2n) is 9.94. The van der Waals surface area contributed by atoms with Crippen LogP contribution in [0.15, 0.2) is 24.3 Å². The number of fused-ring (bicyclic) bond motifs is 1. The maximum absolute atomic E-state index is 13.6.